The van der Waals surface area contributed by atoms with E-state index in [-0.39, 0.29) is 16.7 Å². The van der Waals surface area contributed by atoms with E-state index in [0.29, 0.717) is 0 Å². The molecule has 1 heterocycles. The first-order chi connectivity index (χ1) is 13.2. The highest BCUT2D eigenvalue weighted by Gasteiger charge is 2.35. The second kappa shape index (κ2) is 6.76. The lowest BCUT2D eigenvalue weighted by Gasteiger charge is -2.08. The molecular weight excluding hydrogens is 376 g/mol. The Balaban J connectivity index is 1.94. The monoisotopic (exact) mass is 384 g/mol. The molecule has 3 rings (SSSR count). The predicted molar refractivity (Wildman–Crippen MR) is 86.3 cm³/mol. The van der Waals surface area contributed by atoms with E-state index in [2.05, 4.69) is 9.47 Å². The first kappa shape index (κ1) is 18.5. The molecule has 0 amide bonds. The van der Waals surface area contributed by atoms with Crippen molar-refractivity contribution >= 4 is 35.8 Å². The van der Waals surface area contributed by atoms with Crippen LogP contribution in [0, 0.1) is 0 Å². The summed E-state index contributed by atoms with van der Waals surface area (Å²) in [6, 6.07) is 6.22. The van der Waals surface area contributed by atoms with Crippen molar-refractivity contribution in [3.8, 4) is 0 Å². The van der Waals surface area contributed by atoms with Gasteiger partial charge in [-0.15, -0.1) is 0 Å². The van der Waals surface area contributed by atoms with E-state index >= 15 is 0 Å². The standard InChI is InChI=1S/C18H8O10/c19-13(20)7-4-5-8(11(6-7)14(21)22)15(23)27-16(24)9-2-1-3-10-12(9)18(26)28-17(10)25/h1-6H,(H,19,20)(H,21,22). The highest BCUT2D eigenvalue weighted by molar-refractivity contribution is 6.20. The zero-order chi connectivity index (χ0) is 20.6. The topological polar surface area (TPSA) is 161 Å². The summed E-state index contributed by atoms with van der Waals surface area (Å²) in [6.45, 7) is 0. The Morgan fingerprint density at radius 3 is 2.11 bits per heavy atom. The van der Waals surface area contributed by atoms with Gasteiger partial charge in [0.15, 0.2) is 0 Å². The van der Waals surface area contributed by atoms with Crippen molar-refractivity contribution in [1.29, 1.82) is 0 Å². The van der Waals surface area contributed by atoms with Crippen LogP contribution in [0.4, 0.5) is 0 Å². The zero-order valence-corrected chi connectivity index (χ0v) is 13.6. The maximum Gasteiger partial charge on any atom is 0.347 e. The van der Waals surface area contributed by atoms with Crippen LogP contribution in [0.5, 0.6) is 0 Å². The van der Waals surface area contributed by atoms with Crippen molar-refractivity contribution in [1.82, 2.24) is 0 Å². The summed E-state index contributed by atoms with van der Waals surface area (Å²) in [5, 5.41) is 18.1. The van der Waals surface area contributed by atoms with Gasteiger partial charge in [0.1, 0.15) is 0 Å². The van der Waals surface area contributed by atoms with Gasteiger partial charge in [0.05, 0.1) is 33.4 Å². The van der Waals surface area contributed by atoms with Crippen LogP contribution in [-0.4, -0.2) is 46.0 Å². The molecule has 0 unspecified atom stereocenters. The number of carbonyl (C=O) groups excluding carboxylic acids is 4. The van der Waals surface area contributed by atoms with E-state index < -0.39 is 52.5 Å². The Morgan fingerprint density at radius 2 is 1.46 bits per heavy atom. The predicted octanol–water partition coefficient (Wildman–Crippen LogP) is 1.39. The SMILES string of the molecule is O=C(O)c1ccc(C(=O)OC(=O)c2cccc3c2C(=O)OC3=O)c(C(=O)O)c1. The van der Waals surface area contributed by atoms with Crippen LogP contribution in [0.25, 0.3) is 0 Å². The van der Waals surface area contributed by atoms with E-state index in [4.69, 9.17) is 5.11 Å². The van der Waals surface area contributed by atoms with Crippen molar-refractivity contribution in [2.45, 2.75) is 0 Å². The maximum absolute atomic E-state index is 12.3. The van der Waals surface area contributed by atoms with Crippen molar-refractivity contribution in [3.63, 3.8) is 0 Å². The first-order valence-corrected chi connectivity index (χ1v) is 7.47. The zero-order valence-electron chi connectivity index (χ0n) is 13.6. The van der Waals surface area contributed by atoms with Crippen molar-refractivity contribution in [3.05, 3.63) is 69.8 Å². The van der Waals surface area contributed by atoms with Gasteiger partial charge in [-0.25, -0.2) is 28.8 Å². The molecule has 0 fully saturated rings. The maximum atomic E-state index is 12.3. The minimum atomic E-state index is -1.61. The Bertz CT molecular complexity index is 1100. The fraction of sp³-hybridized carbons (Fsp3) is 0. The van der Waals surface area contributed by atoms with E-state index in [1.807, 2.05) is 0 Å². The lowest BCUT2D eigenvalue weighted by Crippen LogP contribution is -2.18. The smallest absolute Gasteiger partial charge is 0.347 e. The minimum absolute atomic E-state index is 0.177. The molecule has 0 aliphatic carbocycles. The molecule has 0 saturated heterocycles. The van der Waals surface area contributed by atoms with Crippen LogP contribution < -0.4 is 0 Å². The number of carbonyl (C=O) groups is 6. The number of fused-ring (bicyclic) bond motifs is 1. The largest absolute Gasteiger partial charge is 0.478 e. The van der Waals surface area contributed by atoms with Gasteiger partial charge < -0.3 is 19.7 Å². The molecule has 0 spiro atoms. The number of aromatic carboxylic acids is 2. The number of ether oxygens (including phenoxy) is 2. The van der Waals surface area contributed by atoms with Crippen molar-refractivity contribution < 1.29 is 48.5 Å². The molecule has 0 bridgehead atoms. The molecule has 1 aliphatic heterocycles. The normalized spacial score (nSPS) is 12.1. The van der Waals surface area contributed by atoms with Gasteiger partial charge in [-0.05, 0) is 30.3 Å². The number of carboxylic acid groups (broad SMARTS) is 2. The minimum Gasteiger partial charge on any atom is -0.478 e. The van der Waals surface area contributed by atoms with Gasteiger partial charge in [-0.1, -0.05) is 6.07 Å². The molecular formula is C18H8O10. The van der Waals surface area contributed by atoms with Gasteiger partial charge in [-0.2, -0.15) is 0 Å². The van der Waals surface area contributed by atoms with Crippen LogP contribution in [0.1, 0.15) is 62.1 Å². The number of hydrogen-bond acceptors (Lipinski definition) is 8. The Kier molecular flexibility index (Phi) is 4.45. The van der Waals surface area contributed by atoms with Crippen LogP contribution in [0.3, 0.4) is 0 Å². The van der Waals surface area contributed by atoms with E-state index in [0.717, 1.165) is 24.3 Å². The second-order valence-corrected chi connectivity index (χ2v) is 5.45. The van der Waals surface area contributed by atoms with Crippen molar-refractivity contribution in [2.75, 3.05) is 0 Å². The molecule has 0 radical (unpaired) electrons. The highest BCUT2D eigenvalue weighted by atomic mass is 16.6. The highest BCUT2D eigenvalue weighted by Crippen LogP contribution is 2.25. The number of hydrogen-bond donors (Lipinski definition) is 2. The molecule has 2 aromatic rings. The fourth-order valence-electron chi connectivity index (χ4n) is 2.53. The Labute approximate surface area is 154 Å². The first-order valence-electron chi connectivity index (χ1n) is 7.47. The molecule has 0 saturated carbocycles. The Morgan fingerprint density at radius 1 is 0.786 bits per heavy atom. The van der Waals surface area contributed by atoms with Crippen LogP contribution in [0.2, 0.25) is 0 Å². The number of carboxylic acids is 2. The fourth-order valence-corrected chi connectivity index (χ4v) is 2.53. The number of cyclic esters (lactones) is 2. The summed E-state index contributed by atoms with van der Waals surface area (Å²) in [6.07, 6.45) is 0. The molecule has 1 aliphatic rings. The average Bonchev–Trinajstić information content (AvgIpc) is 2.95. The number of rotatable bonds is 4. The summed E-state index contributed by atoms with van der Waals surface area (Å²) in [5.74, 6) is -7.77. The lowest BCUT2D eigenvalue weighted by molar-refractivity contribution is 0.0375. The van der Waals surface area contributed by atoms with Crippen LogP contribution in [0.15, 0.2) is 36.4 Å². The molecule has 10 heteroatoms. The van der Waals surface area contributed by atoms with Gasteiger partial charge >= 0.3 is 35.8 Å². The van der Waals surface area contributed by atoms with E-state index in [1.165, 1.54) is 12.1 Å². The lowest BCUT2D eigenvalue weighted by atomic mass is 10.0. The third kappa shape index (κ3) is 3.09. The van der Waals surface area contributed by atoms with Gasteiger partial charge in [-0.3, -0.25) is 0 Å². The van der Waals surface area contributed by atoms with Gasteiger partial charge in [0, 0.05) is 0 Å². The number of esters is 4. The average molecular weight is 384 g/mol. The summed E-state index contributed by atoms with van der Waals surface area (Å²) in [7, 11) is 0. The molecule has 2 N–H and O–H groups in total. The second-order valence-electron chi connectivity index (χ2n) is 5.45. The summed E-state index contributed by atoms with van der Waals surface area (Å²) < 4.78 is 9.01. The van der Waals surface area contributed by atoms with Crippen LogP contribution in [-0.2, 0) is 9.47 Å². The molecule has 28 heavy (non-hydrogen) atoms. The van der Waals surface area contributed by atoms with Gasteiger partial charge in [0.25, 0.3) is 0 Å². The van der Waals surface area contributed by atoms with E-state index in [9.17, 15) is 33.9 Å². The molecule has 0 aromatic heterocycles. The summed E-state index contributed by atoms with van der Waals surface area (Å²) in [4.78, 5) is 70.1. The number of benzene rings is 2. The summed E-state index contributed by atoms with van der Waals surface area (Å²) in [5.41, 5.74) is -2.61. The molecule has 0 atom stereocenters. The summed E-state index contributed by atoms with van der Waals surface area (Å²) >= 11 is 0. The quantitative estimate of drug-likeness (QED) is 0.582. The third-order valence-corrected chi connectivity index (χ3v) is 3.80. The Hall–Kier alpha value is -4.34. The molecule has 140 valence electrons. The van der Waals surface area contributed by atoms with Gasteiger partial charge in [0.2, 0.25) is 0 Å². The third-order valence-electron chi connectivity index (χ3n) is 3.80. The van der Waals surface area contributed by atoms with E-state index in [1.54, 1.807) is 0 Å². The van der Waals surface area contributed by atoms with Crippen LogP contribution >= 0.6 is 0 Å². The molecule has 10 nitrogen and oxygen atoms in total. The molecule has 2 aromatic carbocycles. The van der Waals surface area contributed by atoms with Crippen molar-refractivity contribution in [2.24, 2.45) is 0 Å².